The highest BCUT2D eigenvalue weighted by molar-refractivity contribution is 6.34. The second-order valence-corrected chi connectivity index (χ2v) is 5.49. The van der Waals surface area contributed by atoms with Crippen LogP contribution in [0.5, 0.6) is 0 Å². The lowest BCUT2D eigenvalue weighted by Crippen LogP contribution is -2.29. The van der Waals surface area contributed by atoms with E-state index in [4.69, 9.17) is 23.2 Å². The van der Waals surface area contributed by atoms with E-state index in [0.717, 1.165) is 0 Å². The fourth-order valence-corrected chi connectivity index (χ4v) is 2.08. The van der Waals surface area contributed by atoms with Crippen LogP contribution in [0.1, 0.15) is 31.9 Å². The molecule has 1 amide bonds. The summed E-state index contributed by atoms with van der Waals surface area (Å²) < 4.78 is 0. The lowest BCUT2D eigenvalue weighted by Gasteiger charge is -2.13. The van der Waals surface area contributed by atoms with E-state index in [2.05, 4.69) is 5.32 Å². The van der Waals surface area contributed by atoms with Crippen LogP contribution in [0.4, 0.5) is 0 Å². The molecule has 2 N–H and O–H groups in total. The Morgan fingerprint density at radius 1 is 1.28 bits per heavy atom. The van der Waals surface area contributed by atoms with Gasteiger partial charge < -0.3 is 10.4 Å². The highest BCUT2D eigenvalue weighted by atomic mass is 35.5. The van der Waals surface area contributed by atoms with Gasteiger partial charge in [-0.2, -0.15) is 0 Å². The van der Waals surface area contributed by atoms with Gasteiger partial charge >= 0.3 is 0 Å². The number of nitrogens with one attached hydrogen (secondary N) is 1. The number of aliphatic hydroxyl groups excluding tert-OH is 1. The molecule has 0 aliphatic carbocycles. The molecule has 1 aromatic carbocycles. The molecule has 100 valence electrons. The topological polar surface area (TPSA) is 49.3 Å². The van der Waals surface area contributed by atoms with Crippen LogP contribution in [-0.2, 0) is 4.79 Å². The van der Waals surface area contributed by atoms with Crippen molar-refractivity contribution in [2.75, 3.05) is 6.54 Å². The van der Waals surface area contributed by atoms with Crippen molar-refractivity contribution in [1.82, 2.24) is 5.32 Å². The number of aliphatic hydroxyl groups is 1. The molecule has 0 saturated carbocycles. The number of hydrogen-bond donors (Lipinski definition) is 2. The summed E-state index contributed by atoms with van der Waals surface area (Å²) in [6, 6.07) is 4.86. The third kappa shape index (κ3) is 5.25. The standard InChI is InChI=1S/C13H17Cl2NO2/c1-8(2)3-13(18)16-7-12(17)9-4-10(14)6-11(15)5-9/h4-6,8,12,17H,3,7H2,1-2H3,(H,16,18). The quantitative estimate of drug-likeness (QED) is 0.875. The third-order valence-electron chi connectivity index (χ3n) is 2.36. The summed E-state index contributed by atoms with van der Waals surface area (Å²) in [7, 11) is 0. The number of hydrogen-bond acceptors (Lipinski definition) is 2. The Morgan fingerprint density at radius 3 is 2.33 bits per heavy atom. The van der Waals surface area contributed by atoms with Crippen LogP contribution in [0, 0.1) is 5.92 Å². The van der Waals surface area contributed by atoms with Gasteiger partial charge in [0.25, 0.3) is 0 Å². The summed E-state index contributed by atoms with van der Waals surface area (Å²) in [6.45, 7) is 4.09. The van der Waals surface area contributed by atoms with Crippen molar-refractivity contribution >= 4 is 29.1 Å². The molecular formula is C13H17Cl2NO2. The Morgan fingerprint density at radius 2 is 1.83 bits per heavy atom. The van der Waals surface area contributed by atoms with Crippen LogP contribution in [0.2, 0.25) is 10.0 Å². The predicted molar refractivity (Wildman–Crippen MR) is 73.9 cm³/mol. The van der Waals surface area contributed by atoms with Gasteiger partial charge in [-0.15, -0.1) is 0 Å². The normalized spacial score (nSPS) is 12.6. The van der Waals surface area contributed by atoms with Gasteiger partial charge in [0.1, 0.15) is 0 Å². The fourth-order valence-electron chi connectivity index (χ4n) is 1.54. The number of carbonyl (C=O) groups is 1. The molecule has 5 heteroatoms. The van der Waals surface area contributed by atoms with Crippen LogP contribution in [0.25, 0.3) is 0 Å². The van der Waals surface area contributed by atoms with E-state index in [0.29, 0.717) is 27.9 Å². The summed E-state index contributed by atoms with van der Waals surface area (Å²) >= 11 is 11.7. The average Bonchev–Trinajstić information content (AvgIpc) is 2.23. The average molecular weight is 290 g/mol. The summed E-state index contributed by atoms with van der Waals surface area (Å²) in [4.78, 5) is 11.4. The number of benzene rings is 1. The fraction of sp³-hybridized carbons (Fsp3) is 0.462. The molecular weight excluding hydrogens is 273 g/mol. The Labute approximate surface area is 117 Å². The van der Waals surface area contributed by atoms with E-state index in [1.807, 2.05) is 13.8 Å². The molecule has 1 aromatic rings. The van der Waals surface area contributed by atoms with Gasteiger partial charge in [0, 0.05) is 23.0 Å². The van der Waals surface area contributed by atoms with E-state index in [9.17, 15) is 9.90 Å². The van der Waals surface area contributed by atoms with E-state index in [1.165, 1.54) is 0 Å². The first-order valence-corrected chi connectivity index (χ1v) is 6.55. The molecule has 0 spiro atoms. The molecule has 0 fully saturated rings. The summed E-state index contributed by atoms with van der Waals surface area (Å²) in [6.07, 6.45) is -0.361. The molecule has 0 saturated heterocycles. The zero-order chi connectivity index (χ0) is 13.7. The molecule has 0 aromatic heterocycles. The lowest BCUT2D eigenvalue weighted by atomic mass is 10.1. The maximum absolute atomic E-state index is 11.4. The highest BCUT2D eigenvalue weighted by Crippen LogP contribution is 2.23. The van der Waals surface area contributed by atoms with E-state index in [1.54, 1.807) is 18.2 Å². The SMILES string of the molecule is CC(C)CC(=O)NCC(O)c1cc(Cl)cc(Cl)c1. The van der Waals surface area contributed by atoms with Gasteiger partial charge in [-0.05, 0) is 29.7 Å². The molecule has 0 aliphatic rings. The Hall–Kier alpha value is -0.770. The molecule has 0 aliphatic heterocycles. The van der Waals surface area contributed by atoms with Gasteiger partial charge in [0.2, 0.25) is 5.91 Å². The van der Waals surface area contributed by atoms with Crippen LogP contribution in [0.15, 0.2) is 18.2 Å². The second kappa shape index (κ2) is 6.98. The van der Waals surface area contributed by atoms with Gasteiger partial charge in [-0.1, -0.05) is 37.0 Å². The van der Waals surface area contributed by atoms with Crippen molar-refractivity contribution in [1.29, 1.82) is 0 Å². The van der Waals surface area contributed by atoms with Crippen molar-refractivity contribution in [2.45, 2.75) is 26.4 Å². The van der Waals surface area contributed by atoms with Crippen molar-refractivity contribution in [3.8, 4) is 0 Å². The first-order valence-electron chi connectivity index (χ1n) is 5.79. The van der Waals surface area contributed by atoms with Gasteiger partial charge in [0.15, 0.2) is 0 Å². The first-order chi connectivity index (χ1) is 8.38. The van der Waals surface area contributed by atoms with Gasteiger partial charge in [-0.3, -0.25) is 4.79 Å². The summed E-state index contributed by atoms with van der Waals surface area (Å²) in [5, 5.41) is 13.5. The number of rotatable bonds is 5. The molecule has 0 heterocycles. The van der Waals surface area contributed by atoms with Crippen LogP contribution in [0.3, 0.4) is 0 Å². The van der Waals surface area contributed by atoms with Crippen molar-refractivity contribution in [3.63, 3.8) is 0 Å². The molecule has 1 rings (SSSR count). The largest absolute Gasteiger partial charge is 0.387 e. The monoisotopic (exact) mass is 289 g/mol. The van der Waals surface area contributed by atoms with Crippen LogP contribution in [-0.4, -0.2) is 17.6 Å². The van der Waals surface area contributed by atoms with Gasteiger partial charge in [-0.25, -0.2) is 0 Å². The first kappa shape index (κ1) is 15.3. The minimum absolute atomic E-state index is 0.0721. The highest BCUT2D eigenvalue weighted by Gasteiger charge is 2.11. The Balaban J connectivity index is 2.54. The Kier molecular flexibility index (Phi) is 5.93. The molecule has 0 radical (unpaired) electrons. The number of halogens is 2. The second-order valence-electron chi connectivity index (χ2n) is 4.62. The Bertz CT molecular complexity index is 401. The summed E-state index contributed by atoms with van der Waals surface area (Å²) in [5.74, 6) is 0.222. The smallest absolute Gasteiger partial charge is 0.220 e. The van der Waals surface area contributed by atoms with Crippen LogP contribution >= 0.6 is 23.2 Å². The van der Waals surface area contributed by atoms with Crippen molar-refractivity contribution < 1.29 is 9.90 Å². The molecule has 1 unspecified atom stereocenters. The zero-order valence-corrected chi connectivity index (χ0v) is 11.9. The third-order valence-corrected chi connectivity index (χ3v) is 2.79. The summed E-state index contributed by atoms with van der Waals surface area (Å²) in [5.41, 5.74) is 0.595. The number of amides is 1. The maximum atomic E-state index is 11.4. The molecule has 3 nitrogen and oxygen atoms in total. The van der Waals surface area contributed by atoms with Crippen LogP contribution < -0.4 is 5.32 Å². The van der Waals surface area contributed by atoms with E-state index in [-0.39, 0.29) is 12.5 Å². The molecule has 0 bridgehead atoms. The zero-order valence-electron chi connectivity index (χ0n) is 10.4. The minimum Gasteiger partial charge on any atom is -0.387 e. The predicted octanol–water partition coefficient (Wildman–Crippen LogP) is 3.19. The minimum atomic E-state index is -0.808. The van der Waals surface area contributed by atoms with Crippen molar-refractivity contribution in [2.24, 2.45) is 5.92 Å². The van der Waals surface area contributed by atoms with Gasteiger partial charge in [0.05, 0.1) is 6.10 Å². The molecule has 1 atom stereocenters. The number of carbonyl (C=O) groups excluding carboxylic acids is 1. The van der Waals surface area contributed by atoms with E-state index >= 15 is 0 Å². The lowest BCUT2D eigenvalue weighted by molar-refractivity contribution is -0.122. The maximum Gasteiger partial charge on any atom is 0.220 e. The molecule has 18 heavy (non-hydrogen) atoms. The van der Waals surface area contributed by atoms with Crippen molar-refractivity contribution in [3.05, 3.63) is 33.8 Å². The van der Waals surface area contributed by atoms with E-state index < -0.39 is 6.10 Å².